The maximum absolute atomic E-state index is 9.11. The van der Waals surface area contributed by atoms with Crippen molar-refractivity contribution in [2.45, 2.75) is 6.61 Å². The van der Waals surface area contributed by atoms with Crippen LogP contribution in [-0.2, 0) is 6.61 Å². The lowest BCUT2D eigenvalue weighted by Crippen LogP contribution is -2.09. The van der Waals surface area contributed by atoms with Crippen LogP contribution in [0.25, 0.3) is 0 Å². The summed E-state index contributed by atoms with van der Waals surface area (Å²) in [4.78, 5) is 2.02. The van der Waals surface area contributed by atoms with Gasteiger partial charge in [-0.1, -0.05) is 17.7 Å². The summed E-state index contributed by atoms with van der Waals surface area (Å²) in [5.74, 6) is 0.825. The van der Waals surface area contributed by atoms with Crippen molar-refractivity contribution in [3.63, 3.8) is 0 Å². The molecule has 0 aliphatic heterocycles. The van der Waals surface area contributed by atoms with E-state index in [0.29, 0.717) is 5.02 Å². The Morgan fingerprint density at radius 1 is 1.11 bits per heavy atom. The number of rotatable bonds is 4. The molecule has 0 amide bonds. The third-order valence-electron chi connectivity index (χ3n) is 3.05. The van der Waals surface area contributed by atoms with Crippen LogP contribution in [0.2, 0.25) is 5.02 Å². The van der Waals surface area contributed by atoms with E-state index in [4.69, 9.17) is 21.4 Å². The summed E-state index contributed by atoms with van der Waals surface area (Å²) < 4.78 is 5.14. The van der Waals surface area contributed by atoms with Crippen molar-refractivity contribution in [2.75, 3.05) is 19.1 Å². The molecular formula is C15H16ClNO2. The molecule has 0 heterocycles. The zero-order chi connectivity index (χ0) is 13.8. The highest BCUT2D eigenvalue weighted by Crippen LogP contribution is 2.29. The number of anilines is 2. The molecule has 0 bridgehead atoms. The van der Waals surface area contributed by atoms with E-state index in [1.54, 1.807) is 7.11 Å². The highest BCUT2D eigenvalue weighted by Gasteiger charge is 2.07. The van der Waals surface area contributed by atoms with E-state index in [9.17, 15) is 0 Å². The summed E-state index contributed by atoms with van der Waals surface area (Å²) in [5, 5.41) is 9.68. The van der Waals surface area contributed by atoms with Gasteiger partial charge in [-0.25, -0.2) is 0 Å². The zero-order valence-corrected chi connectivity index (χ0v) is 11.7. The molecule has 2 aromatic rings. The Balaban J connectivity index is 2.27. The lowest BCUT2D eigenvalue weighted by molar-refractivity contribution is 0.282. The fourth-order valence-corrected chi connectivity index (χ4v) is 2.06. The van der Waals surface area contributed by atoms with Crippen LogP contribution < -0.4 is 9.64 Å². The van der Waals surface area contributed by atoms with E-state index in [0.717, 1.165) is 22.7 Å². The van der Waals surface area contributed by atoms with Crippen molar-refractivity contribution < 1.29 is 9.84 Å². The summed E-state index contributed by atoms with van der Waals surface area (Å²) in [6, 6.07) is 13.4. The summed E-state index contributed by atoms with van der Waals surface area (Å²) >= 11 is 6.10. The Morgan fingerprint density at radius 2 is 1.74 bits per heavy atom. The van der Waals surface area contributed by atoms with Crippen LogP contribution in [0.3, 0.4) is 0 Å². The maximum atomic E-state index is 9.11. The molecule has 3 nitrogen and oxygen atoms in total. The molecule has 0 fully saturated rings. The van der Waals surface area contributed by atoms with Gasteiger partial charge in [-0.05, 0) is 42.0 Å². The highest BCUT2D eigenvalue weighted by atomic mass is 35.5. The first-order chi connectivity index (χ1) is 9.15. The van der Waals surface area contributed by atoms with Gasteiger partial charge in [-0.2, -0.15) is 0 Å². The van der Waals surface area contributed by atoms with E-state index in [1.807, 2.05) is 54.4 Å². The second kappa shape index (κ2) is 5.95. The number of hydrogen-bond acceptors (Lipinski definition) is 3. The number of nitrogens with zero attached hydrogens (tertiary/aromatic N) is 1. The molecule has 0 unspecified atom stereocenters. The summed E-state index contributed by atoms with van der Waals surface area (Å²) in [6.45, 7) is -0.0502. The van der Waals surface area contributed by atoms with Gasteiger partial charge >= 0.3 is 0 Å². The van der Waals surface area contributed by atoms with Gasteiger partial charge in [-0.3, -0.25) is 0 Å². The smallest absolute Gasteiger partial charge is 0.119 e. The maximum Gasteiger partial charge on any atom is 0.119 e. The van der Waals surface area contributed by atoms with Crippen LogP contribution >= 0.6 is 11.6 Å². The van der Waals surface area contributed by atoms with E-state index in [1.165, 1.54) is 0 Å². The molecule has 2 rings (SSSR count). The van der Waals surface area contributed by atoms with E-state index in [2.05, 4.69) is 0 Å². The molecule has 0 radical (unpaired) electrons. The summed E-state index contributed by atoms with van der Waals surface area (Å²) in [7, 11) is 3.61. The molecule has 0 saturated carbocycles. The van der Waals surface area contributed by atoms with Gasteiger partial charge in [0.25, 0.3) is 0 Å². The molecule has 0 aliphatic rings. The molecule has 2 aromatic carbocycles. The van der Waals surface area contributed by atoms with E-state index >= 15 is 0 Å². The van der Waals surface area contributed by atoms with Gasteiger partial charge in [-0.15, -0.1) is 0 Å². The Morgan fingerprint density at radius 3 is 2.26 bits per heavy atom. The van der Waals surface area contributed by atoms with Gasteiger partial charge in [0.05, 0.1) is 13.7 Å². The molecule has 1 N–H and O–H groups in total. The number of hydrogen-bond donors (Lipinski definition) is 1. The second-order valence-electron chi connectivity index (χ2n) is 4.19. The van der Waals surface area contributed by atoms with Crippen molar-refractivity contribution >= 4 is 23.0 Å². The number of aliphatic hydroxyl groups is 1. The molecular weight excluding hydrogens is 262 g/mol. The van der Waals surface area contributed by atoms with E-state index in [-0.39, 0.29) is 6.61 Å². The standard InChI is InChI=1S/C15H16ClNO2/c1-17(12-5-7-14(19-2)8-6-12)13-4-3-11(10-18)15(16)9-13/h3-9,18H,10H2,1-2H3. The fourth-order valence-electron chi connectivity index (χ4n) is 1.83. The number of ether oxygens (including phenoxy) is 1. The number of aliphatic hydroxyl groups excluding tert-OH is 1. The lowest BCUT2D eigenvalue weighted by Gasteiger charge is -2.20. The molecule has 19 heavy (non-hydrogen) atoms. The van der Waals surface area contributed by atoms with Crippen molar-refractivity contribution in [2.24, 2.45) is 0 Å². The fraction of sp³-hybridized carbons (Fsp3) is 0.200. The largest absolute Gasteiger partial charge is 0.497 e. The van der Waals surface area contributed by atoms with Crippen LogP contribution in [-0.4, -0.2) is 19.3 Å². The van der Waals surface area contributed by atoms with Gasteiger partial charge in [0.15, 0.2) is 0 Å². The number of methoxy groups -OCH3 is 1. The average molecular weight is 278 g/mol. The Hall–Kier alpha value is -1.71. The summed E-state index contributed by atoms with van der Waals surface area (Å²) in [6.07, 6.45) is 0. The van der Waals surface area contributed by atoms with Crippen LogP contribution in [0, 0.1) is 0 Å². The Labute approximate surface area is 118 Å². The van der Waals surface area contributed by atoms with Crippen LogP contribution in [0.1, 0.15) is 5.56 Å². The Kier molecular flexibility index (Phi) is 4.30. The molecule has 0 aromatic heterocycles. The van der Waals surface area contributed by atoms with Gasteiger partial charge in [0.1, 0.15) is 5.75 Å². The molecule has 4 heteroatoms. The number of halogens is 1. The zero-order valence-electron chi connectivity index (χ0n) is 10.9. The first-order valence-electron chi connectivity index (χ1n) is 5.92. The highest BCUT2D eigenvalue weighted by molar-refractivity contribution is 6.31. The SMILES string of the molecule is COc1ccc(N(C)c2ccc(CO)c(Cl)c2)cc1. The van der Waals surface area contributed by atoms with Crippen LogP contribution in [0.15, 0.2) is 42.5 Å². The van der Waals surface area contributed by atoms with Gasteiger partial charge in [0, 0.05) is 23.4 Å². The second-order valence-corrected chi connectivity index (χ2v) is 4.60. The predicted octanol–water partition coefficient (Wildman–Crippen LogP) is 3.61. The normalized spacial score (nSPS) is 10.3. The van der Waals surface area contributed by atoms with Crippen molar-refractivity contribution in [1.82, 2.24) is 0 Å². The third-order valence-corrected chi connectivity index (χ3v) is 3.41. The topological polar surface area (TPSA) is 32.7 Å². The molecule has 0 saturated heterocycles. The minimum Gasteiger partial charge on any atom is -0.497 e. The predicted molar refractivity (Wildman–Crippen MR) is 78.4 cm³/mol. The van der Waals surface area contributed by atoms with Crippen molar-refractivity contribution in [3.05, 3.63) is 53.1 Å². The molecule has 0 aliphatic carbocycles. The monoisotopic (exact) mass is 277 g/mol. The van der Waals surface area contributed by atoms with Crippen LogP contribution in [0.5, 0.6) is 5.75 Å². The lowest BCUT2D eigenvalue weighted by atomic mass is 10.2. The van der Waals surface area contributed by atoms with E-state index < -0.39 is 0 Å². The molecule has 0 spiro atoms. The first-order valence-corrected chi connectivity index (χ1v) is 6.30. The minimum atomic E-state index is -0.0502. The minimum absolute atomic E-state index is 0.0502. The van der Waals surface area contributed by atoms with Gasteiger partial charge < -0.3 is 14.7 Å². The Bertz CT molecular complexity index is 555. The molecule has 0 atom stereocenters. The van der Waals surface area contributed by atoms with Gasteiger partial charge in [0.2, 0.25) is 0 Å². The number of benzene rings is 2. The molecule has 100 valence electrons. The van der Waals surface area contributed by atoms with Crippen molar-refractivity contribution in [1.29, 1.82) is 0 Å². The van der Waals surface area contributed by atoms with Crippen LogP contribution in [0.4, 0.5) is 11.4 Å². The third kappa shape index (κ3) is 3.00. The van der Waals surface area contributed by atoms with Crippen molar-refractivity contribution in [3.8, 4) is 5.75 Å². The average Bonchev–Trinajstić information content (AvgIpc) is 2.46. The quantitative estimate of drug-likeness (QED) is 0.927. The summed E-state index contributed by atoms with van der Waals surface area (Å²) in [5.41, 5.74) is 2.73. The first kappa shape index (κ1) is 13.7.